The van der Waals surface area contributed by atoms with Crippen LogP contribution in [0.15, 0.2) is 12.1 Å². The molecule has 0 aliphatic carbocycles. The summed E-state index contributed by atoms with van der Waals surface area (Å²) in [5.74, 6) is 0. The SMILES string of the molecule is CCC1CN(c2cc(Cl)c(Cl)cc2N)CCN1C. The number of piperazine rings is 1. The second kappa shape index (κ2) is 5.55. The molecular formula is C13H19Cl2N3. The third kappa shape index (κ3) is 2.68. The van der Waals surface area contributed by atoms with Crippen molar-refractivity contribution < 1.29 is 0 Å². The lowest BCUT2D eigenvalue weighted by Crippen LogP contribution is -2.51. The van der Waals surface area contributed by atoms with Gasteiger partial charge in [-0.25, -0.2) is 0 Å². The molecule has 1 aliphatic heterocycles. The fourth-order valence-electron chi connectivity index (χ4n) is 2.43. The number of hydrogen-bond acceptors (Lipinski definition) is 3. The van der Waals surface area contributed by atoms with Gasteiger partial charge in [-0.3, -0.25) is 4.90 Å². The highest BCUT2D eigenvalue weighted by Gasteiger charge is 2.24. The molecule has 0 bridgehead atoms. The van der Waals surface area contributed by atoms with Gasteiger partial charge in [0.25, 0.3) is 0 Å². The predicted molar refractivity (Wildman–Crippen MR) is 79.8 cm³/mol. The maximum atomic E-state index is 6.08. The Morgan fingerprint density at radius 2 is 1.94 bits per heavy atom. The van der Waals surface area contributed by atoms with Gasteiger partial charge >= 0.3 is 0 Å². The Kier molecular flexibility index (Phi) is 4.25. The number of likely N-dealkylation sites (N-methyl/N-ethyl adjacent to an activating group) is 1. The minimum atomic E-state index is 0.513. The van der Waals surface area contributed by atoms with Crippen molar-refractivity contribution in [3.63, 3.8) is 0 Å². The third-order valence-electron chi connectivity index (χ3n) is 3.66. The number of halogens is 2. The largest absolute Gasteiger partial charge is 0.397 e. The molecular weight excluding hydrogens is 269 g/mol. The molecule has 1 saturated heterocycles. The smallest absolute Gasteiger partial charge is 0.0616 e. The number of rotatable bonds is 2. The van der Waals surface area contributed by atoms with Gasteiger partial charge in [-0.1, -0.05) is 30.1 Å². The number of hydrogen-bond donors (Lipinski definition) is 1. The fourth-order valence-corrected chi connectivity index (χ4v) is 2.76. The van der Waals surface area contributed by atoms with Gasteiger partial charge in [0.1, 0.15) is 0 Å². The van der Waals surface area contributed by atoms with Crippen LogP contribution in [0.3, 0.4) is 0 Å². The van der Waals surface area contributed by atoms with Crippen molar-refractivity contribution in [2.75, 3.05) is 37.3 Å². The van der Waals surface area contributed by atoms with Gasteiger partial charge in [0.15, 0.2) is 0 Å². The quantitative estimate of drug-likeness (QED) is 0.849. The summed E-state index contributed by atoms with van der Waals surface area (Å²) < 4.78 is 0. The average molecular weight is 288 g/mol. The summed E-state index contributed by atoms with van der Waals surface area (Å²) in [5, 5.41) is 1.08. The van der Waals surface area contributed by atoms with E-state index in [1.165, 1.54) is 0 Å². The third-order valence-corrected chi connectivity index (χ3v) is 4.38. The molecule has 2 N–H and O–H groups in total. The summed E-state index contributed by atoms with van der Waals surface area (Å²) in [7, 11) is 2.17. The summed E-state index contributed by atoms with van der Waals surface area (Å²) in [5.41, 5.74) is 7.74. The van der Waals surface area contributed by atoms with Crippen LogP contribution in [0.25, 0.3) is 0 Å². The van der Waals surface area contributed by atoms with Crippen LogP contribution in [0.5, 0.6) is 0 Å². The molecule has 1 unspecified atom stereocenters. The van der Waals surface area contributed by atoms with Crippen LogP contribution in [-0.4, -0.2) is 37.6 Å². The van der Waals surface area contributed by atoms with E-state index >= 15 is 0 Å². The molecule has 0 spiro atoms. The van der Waals surface area contributed by atoms with Crippen LogP contribution in [0.2, 0.25) is 10.0 Å². The Hall–Kier alpha value is -0.640. The molecule has 100 valence electrons. The molecule has 3 nitrogen and oxygen atoms in total. The highest BCUT2D eigenvalue weighted by Crippen LogP contribution is 2.34. The highest BCUT2D eigenvalue weighted by atomic mass is 35.5. The molecule has 1 aromatic rings. The van der Waals surface area contributed by atoms with E-state index in [9.17, 15) is 0 Å². The summed E-state index contributed by atoms with van der Waals surface area (Å²) in [6.45, 7) is 5.20. The van der Waals surface area contributed by atoms with Crippen LogP contribution in [0.1, 0.15) is 13.3 Å². The lowest BCUT2D eigenvalue weighted by Gasteiger charge is -2.40. The summed E-state index contributed by atoms with van der Waals surface area (Å²) >= 11 is 12.0. The Balaban J connectivity index is 2.24. The number of benzene rings is 1. The van der Waals surface area contributed by atoms with Crippen molar-refractivity contribution in [2.24, 2.45) is 0 Å². The van der Waals surface area contributed by atoms with Crippen LogP contribution in [0.4, 0.5) is 11.4 Å². The summed E-state index contributed by atoms with van der Waals surface area (Å²) in [6, 6.07) is 4.17. The summed E-state index contributed by atoms with van der Waals surface area (Å²) in [6.07, 6.45) is 1.13. The second-order valence-corrected chi connectivity index (χ2v) is 5.63. The van der Waals surface area contributed by atoms with Crippen molar-refractivity contribution in [3.05, 3.63) is 22.2 Å². The van der Waals surface area contributed by atoms with Crippen molar-refractivity contribution in [2.45, 2.75) is 19.4 Å². The standard InChI is InChI=1S/C13H19Cl2N3/c1-3-9-8-18(5-4-17(9)2)13-7-11(15)10(14)6-12(13)16/h6-7,9H,3-5,8,16H2,1-2H3. The van der Waals surface area contributed by atoms with Crippen LogP contribution in [0, 0.1) is 0 Å². The van der Waals surface area contributed by atoms with E-state index in [4.69, 9.17) is 28.9 Å². The van der Waals surface area contributed by atoms with Gasteiger partial charge in [0.2, 0.25) is 0 Å². The summed E-state index contributed by atoms with van der Waals surface area (Å²) in [4.78, 5) is 4.69. The number of nitrogen functional groups attached to an aromatic ring is 1. The second-order valence-electron chi connectivity index (χ2n) is 4.81. The van der Waals surface area contributed by atoms with Crippen molar-refractivity contribution >= 4 is 34.6 Å². The molecule has 5 heteroatoms. The zero-order valence-electron chi connectivity index (χ0n) is 10.8. The van der Waals surface area contributed by atoms with E-state index in [1.54, 1.807) is 6.07 Å². The molecule has 1 heterocycles. The monoisotopic (exact) mass is 287 g/mol. The Morgan fingerprint density at radius 1 is 1.28 bits per heavy atom. The van der Waals surface area contributed by atoms with Crippen molar-refractivity contribution in [1.82, 2.24) is 4.90 Å². The number of nitrogens with zero attached hydrogens (tertiary/aromatic N) is 2. The Morgan fingerprint density at radius 3 is 2.61 bits per heavy atom. The molecule has 2 rings (SSSR count). The van der Waals surface area contributed by atoms with Crippen molar-refractivity contribution in [1.29, 1.82) is 0 Å². The van der Waals surface area contributed by atoms with Gasteiger partial charge in [0, 0.05) is 25.7 Å². The zero-order chi connectivity index (χ0) is 13.3. The lowest BCUT2D eigenvalue weighted by molar-refractivity contribution is 0.213. The topological polar surface area (TPSA) is 32.5 Å². The molecule has 0 saturated carbocycles. The van der Waals surface area contributed by atoms with E-state index in [-0.39, 0.29) is 0 Å². The van der Waals surface area contributed by atoms with E-state index in [2.05, 4.69) is 23.8 Å². The van der Waals surface area contributed by atoms with Gasteiger partial charge in [0.05, 0.1) is 21.4 Å². The first-order valence-electron chi connectivity index (χ1n) is 6.22. The van der Waals surface area contributed by atoms with E-state index in [0.29, 0.717) is 21.8 Å². The van der Waals surface area contributed by atoms with Gasteiger partial charge < -0.3 is 10.6 Å². The normalized spacial score (nSPS) is 21.3. The van der Waals surface area contributed by atoms with Crippen LogP contribution < -0.4 is 10.6 Å². The number of anilines is 2. The number of nitrogens with two attached hydrogens (primary N) is 1. The zero-order valence-corrected chi connectivity index (χ0v) is 12.3. The maximum Gasteiger partial charge on any atom is 0.0616 e. The molecule has 1 atom stereocenters. The molecule has 0 radical (unpaired) electrons. The van der Waals surface area contributed by atoms with E-state index < -0.39 is 0 Å². The molecule has 18 heavy (non-hydrogen) atoms. The maximum absolute atomic E-state index is 6.08. The predicted octanol–water partition coefficient (Wildman–Crippen LogP) is 3.11. The first-order chi connectivity index (χ1) is 8.52. The van der Waals surface area contributed by atoms with Crippen LogP contribution in [-0.2, 0) is 0 Å². The molecule has 1 aliphatic rings. The van der Waals surface area contributed by atoms with E-state index in [1.807, 2.05) is 6.07 Å². The highest BCUT2D eigenvalue weighted by molar-refractivity contribution is 6.42. The molecule has 1 fully saturated rings. The van der Waals surface area contributed by atoms with Crippen molar-refractivity contribution in [3.8, 4) is 0 Å². The first-order valence-corrected chi connectivity index (χ1v) is 6.98. The minimum Gasteiger partial charge on any atom is -0.397 e. The van der Waals surface area contributed by atoms with Gasteiger partial charge in [-0.05, 0) is 25.6 Å². The molecule has 1 aromatic carbocycles. The van der Waals surface area contributed by atoms with Gasteiger partial charge in [-0.2, -0.15) is 0 Å². The minimum absolute atomic E-state index is 0.513. The Labute approximate surface area is 118 Å². The lowest BCUT2D eigenvalue weighted by atomic mass is 10.1. The average Bonchev–Trinajstić information content (AvgIpc) is 2.35. The molecule has 0 amide bonds. The van der Waals surface area contributed by atoms with E-state index in [0.717, 1.165) is 31.7 Å². The Bertz CT molecular complexity index is 436. The first kappa shape index (κ1) is 13.8. The van der Waals surface area contributed by atoms with Gasteiger partial charge in [-0.15, -0.1) is 0 Å². The molecule has 0 aromatic heterocycles. The van der Waals surface area contributed by atoms with Crippen LogP contribution >= 0.6 is 23.2 Å². The fraction of sp³-hybridized carbons (Fsp3) is 0.538.